The van der Waals surface area contributed by atoms with E-state index in [4.69, 9.17) is 0 Å². The molecule has 112 valence electrons. The van der Waals surface area contributed by atoms with Gasteiger partial charge in [0.2, 0.25) is 0 Å². The van der Waals surface area contributed by atoms with Crippen molar-refractivity contribution in [1.29, 1.82) is 0 Å². The maximum Gasteiger partial charge on any atom is 0.325 e. The molecular formula is C15H15N5O2. The van der Waals surface area contributed by atoms with Crippen LogP contribution in [-0.4, -0.2) is 40.0 Å². The predicted molar refractivity (Wildman–Crippen MR) is 79.8 cm³/mol. The smallest absolute Gasteiger partial charge is 0.325 e. The molecule has 1 fully saturated rings. The van der Waals surface area contributed by atoms with Gasteiger partial charge in [-0.05, 0) is 23.8 Å². The van der Waals surface area contributed by atoms with Gasteiger partial charge in [-0.3, -0.25) is 9.97 Å². The van der Waals surface area contributed by atoms with Crippen molar-refractivity contribution in [3.8, 4) is 11.3 Å². The highest BCUT2D eigenvalue weighted by Crippen LogP contribution is 2.15. The predicted octanol–water partition coefficient (Wildman–Crippen LogP) is 1.38. The van der Waals surface area contributed by atoms with Gasteiger partial charge < -0.3 is 10.6 Å². The molecule has 7 heteroatoms. The highest BCUT2D eigenvalue weighted by molar-refractivity contribution is 5.94. The van der Waals surface area contributed by atoms with Crippen LogP contribution in [0, 0.1) is 0 Å². The maximum absolute atomic E-state index is 11.8. The zero-order valence-electron chi connectivity index (χ0n) is 11.8. The summed E-state index contributed by atoms with van der Waals surface area (Å²) in [6.07, 6.45) is 5.16. The fourth-order valence-corrected chi connectivity index (χ4v) is 2.15. The lowest BCUT2D eigenvalue weighted by molar-refractivity contribution is 0.198. The van der Waals surface area contributed by atoms with Gasteiger partial charge in [0.25, 0.3) is 0 Å². The standard InChI is InChI=1S/C15H15N5O2/c21-14-17-6-7-20(14)15(22)19-9-11-3-4-13(18-8-11)12-2-1-5-16-10-12/h1-5,8,10H,6-7,9H2,(H,17,21)(H,19,22). The van der Waals surface area contributed by atoms with Crippen LogP contribution in [0.2, 0.25) is 0 Å². The normalized spacial score (nSPS) is 13.8. The van der Waals surface area contributed by atoms with Crippen molar-refractivity contribution in [1.82, 2.24) is 25.5 Å². The summed E-state index contributed by atoms with van der Waals surface area (Å²) >= 11 is 0. The van der Waals surface area contributed by atoms with Crippen LogP contribution in [0.3, 0.4) is 0 Å². The number of urea groups is 2. The van der Waals surface area contributed by atoms with Crippen molar-refractivity contribution in [3.05, 3.63) is 48.4 Å². The molecule has 1 aliphatic rings. The first-order valence-corrected chi connectivity index (χ1v) is 6.92. The second-order valence-electron chi connectivity index (χ2n) is 4.84. The SMILES string of the molecule is O=C1NCCN1C(=O)NCc1ccc(-c2cccnc2)nc1. The molecular weight excluding hydrogens is 282 g/mol. The van der Waals surface area contributed by atoms with Crippen LogP contribution in [0.1, 0.15) is 5.56 Å². The van der Waals surface area contributed by atoms with Crippen LogP contribution >= 0.6 is 0 Å². The van der Waals surface area contributed by atoms with Crippen LogP contribution < -0.4 is 10.6 Å². The number of nitrogens with one attached hydrogen (secondary N) is 2. The third kappa shape index (κ3) is 3.03. The molecule has 0 unspecified atom stereocenters. The third-order valence-corrected chi connectivity index (χ3v) is 3.33. The largest absolute Gasteiger partial charge is 0.336 e. The van der Waals surface area contributed by atoms with Crippen LogP contribution in [-0.2, 0) is 6.54 Å². The number of rotatable bonds is 3. The Kier molecular flexibility index (Phi) is 3.95. The average Bonchev–Trinajstić information content (AvgIpc) is 3.00. The number of aromatic nitrogens is 2. The first-order valence-electron chi connectivity index (χ1n) is 6.92. The van der Waals surface area contributed by atoms with Gasteiger partial charge in [-0.25, -0.2) is 14.5 Å². The monoisotopic (exact) mass is 297 g/mol. The van der Waals surface area contributed by atoms with E-state index >= 15 is 0 Å². The van der Waals surface area contributed by atoms with Gasteiger partial charge in [0.1, 0.15) is 0 Å². The van der Waals surface area contributed by atoms with Gasteiger partial charge in [-0.2, -0.15) is 0 Å². The number of hydrogen-bond donors (Lipinski definition) is 2. The van der Waals surface area contributed by atoms with Crippen LogP contribution in [0.4, 0.5) is 9.59 Å². The summed E-state index contributed by atoms with van der Waals surface area (Å²) in [6.45, 7) is 1.21. The topological polar surface area (TPSA) is 87.2 Å². The Hall–Kier alpha value is -2.96. The lowest BCUT2D eigenvalue weighted by Crippen LogP contribution is -2.41. The first kappa shape index (κ1) is 14.0. The molecule has 3 rings (SSSR count). The van der Waals surface area contributed by atoms with Crippen LogP contribution in [0.15, 0.2) is 42.9 Å². The Morgan fingerprint density at radius 3 is 2.86 bits per heavy atom. The van der Waals surface area contributed by atoms with E-state index in [-0.39, 0.29) is 6.03 Å². The zero-order valence-corrected chi connectivity index (χ0v) is 11.8. The van der Waals surface area contributed by atoms with E-state index < -0.39 is 6.03 Å². The summed E-state index contributed by atoms with van der Waals surface area (Å²) in [5, 5.41) is 5.29. The minimum Gasteiger partial charge on any atom is -0.336 e. The van der Waals surface area contributed by atoms with E-state index in [1.165, 1.54) is 0 Å². The number of amides is 4. The highest BCUT2D eigenvalue weighted by Gasteiger charge is 2.25. The van der Waals surface area contributed by atoms with Crippen molar-refractivity contribution in [2.45, 2.75) is 6.54 Å². The molecule has 7 nitrogen and oxygen atoms in total. The number of nitrogens with zero attached hydrogens (tertiary/aromatic N) is 3. The van der Waals surface area contributed by atoms with E-state index in [1.807, 2.05) is 24.3 Å². The molecule has 0 radical (unpaired) electrons. The van der Waals surface area contributed by atoms with Crippen LogP contribution in [0.5, 0.6) is 0 Å². The van der Waals surface area contributed by atoms with Crippen molar-refractivity contribution in [2.75, 3.05) is 13.1 Å². The first-order chi connectivity index (χ1) is 10.7. The van der Waals surface area contributed by atoms with E-state index in [0.29, 0.717) is 19.6 Å². The van der Waals surface area contributed by atoms with E-state index in [0.717, 1.165) is 21.7 Å². The third-order valence-electron chi connectivity index (χ3n) is 3.33. The summed E-state index contributed by atoms with van der Waals surface area (Å²) in [6, 6.07) is 6.80. The summed E-state index contributed by atoms with van der Waals surface area (Å²) in [4.78, 5) is 32.8. The minimum absolute atomic E-state index is 0.322. The van der Waals surface area contributed by atoms with Gasteiger partial charge in [-0.1, -0.05) is 6.07 Å². The second-order valence-corrected chi connectivity index (χ2v) is 4.84. The molecule has 1 saturated heterocycles. The molecule has 0 spiro atoms. The number of hydrogen-bond acceptors (Lipinski definition) is 4. The quantitative estimate of drug-likeness (QED) is 0.896. The molecule has 0 atom stereocenters. The van der Waals surface area contributed by atoms with Gasteiger partial charge in [0.15, 0.2) is 0 Å². The molecule has 2 N–H and O–H groups in total. The molecule has 0 bridgehead atoms. The fraction of sp³-hybridized carbons (Fsp3) is 0.200. The van der Waals surface area contributed by atoms with E-state index in [9.17, 15) is 9.59 Å². The molecule has 2 aromatic heterocycles. The number of carbonyl (C=O) groups is 2. The molecule has 1 aliphatic heterocycles. The Bertz CT molecular complexity index is 672. The number of pyridine rings is 2. The van der Waals surface area contributed by atoms with Gasteiger partial charge >= 0.3 is 12.1 Å². The summed E-state index contributed by atoms with van der Waals surface area (Å²) in [5.41, 5.74) is 2.62. The van der Waals surface area contributed by atoms with Gasteiger partial charge in [0.05, 0.1) is 5.69 Å². The summed E-state index contributed by atoms with van der Waals surface area (Å²) < 4.78 is 0. The Morgan fingerprint density at radius 1 is 1.32 bits per heavy atom. The van der Waals surface area contributed by atoms with Gasteiger partial charge in [0, 0.05) is 43.8 Å². The molecule has 0 aromatic carbocycles. The molecule has 3 heterocycles. The molecule has 4 amide bonds. The lowest BCUT2D eigenvalue weighted by Gasteiger charge is -2.13. The van der Waals surface area contributed by atoms with Crippen molar-refractivity contribution >= 4 is 12.1 Å². The molecule has 2 aromatic rings. The molecule has 22 heavy (non-hydrogen) atoms. The summed E-state index contributed by atoms with van der Waals surface area (Å²) in [5.74, 6) is 0. The molecule has 0 aliphatic carbocycles. The minimum atomic E-state index is -0.397. The Balaban J connectivity index is 1.60. The maximum atomic E-state index is 11.8. The van der Waals surface area contributed by atoms with Crippen molar-refractivity contribution in [3.63, 3.8) is 0 Å². The fourth-order valence-electron chi connectivity index (χ4n) is 2.15. The van der Waals surface area contributed by atoms with Crippen molar-refractivity contribution in [2.24, 2.45) is 0 Å². The van der Waals surface area contributed by atoms with E-state index in [2.05, 4.69) is 20.6 Å². The second kappa shape index (κ2) is 6.21. The van der Waals surface area contributed by atoms with Gasteiger partial charge in [-0.15, -0.1) is 0 Å². The number of imide groups is 1. The van der Waals surface area contributed by atoms with E-state index in [1.54, 1.807) is 18.6 Å². The zero-order chi connectivity index (χ0) is 15.4. The Morgan fingerprint density at radius 2 is 2.23 bits per heavy atom. The van der Waals surface area contributed by atoms with Crippen LogP contribution in [0.25, 0.3) is 11.3 Å². The van der Waals surface area contributed by atoms with Crippen molar-refractivity contribution < 1.29 is 9.59 Å². The Labute approximate surface area is 127 Å². The average molecular weight is 297 g/mol. The summed E-state index contributed by atoms with van der Waals surface area (Å²) in [7, 11) is 0. The molecule has 0 saturated carbocycles. The lowest BCUT2D eigenvalue weighted by atomic mass is 10.1. The highest BCUT2D eigenvalue weighted by atomic mass is 16.2. The number of carbonyl (C=O) groups excluding carboxylic acids is 2.